The molecule has 87 heavy (non-hydrogen) atoms. The first-order chi connectivity index (χ1) is 42.8. The molecule has 0 aliphatic carbocycles. The van der Waals surface area contributed by atoms with Gasteiger partial charge in [0, 0.05) is 19.4 Å². The zero-order chi connectivity index (χ0) is 63.0. The van der Waals surface area contributed by atoms with Crippen molar-refractivity contribution in [2.75, 3.05) is 26.4 Å². The molecule has 10 heteroatoms. The van der Waals surface area contributed by atoms with Crippen LogP contribution in [0.5, 0.6) is 0 Å². The van der Waals surface area contributed by atoms with Gasteiger partial charge in [0.05, 0.1) is 13.2 Å². The Labute approximate surface area is 536 Å². The molecule has 0 saturated carbocycles. The number of phosphoric ester groups is 1. The van der Waals surface area contributed by atoms with Gasteiger partial charge in [-0.15, -0.1) is 0 Å². The largest absolute Gasteiger partial charge is 0.472 e. The normalized spacial score (nSPS) is 13.7. The van der Waals surface area contributed by atoms with Gasteiger partial charge in [-0.1, -0.05) is 328 Å². The van der Waals surface area contributed by atoms with Crippen LogP contribution in [0.1, 0.15) is 322 Å². The monoisotopic (exact) mass is 1230 g/mol. The van der Waals surface area contributed by atoms with Gasteiger partial charge in [0.25, 0.3) is 0 Å². The van der Waals surface area contributed by atoms with E-state index in [1.165, 1.54) is 180 Å². The average Bonchev–Trinajstić information content (AvgIpc) is 3.63. The molecular weight excluding hydrogens is 1100 g/mol. The molecule has 0 bridgehead atoms. The summed E-state index contributed by atoms with van der Waals surface area (Å²) in [6.07, 6.45) is 100. The summed E-state index contributed by atoms with van der Waals surface area (Å²) in [7, 11) is -4.40. The van der Waals surface area contributed by atoms with E-state index in [1.54, 1.807) is 0 Å². The Morgan fingerprint density at radius 2 is 0.598 bits per heavy atom. The maximum Gasteiger partial charge on any atom is 0.472 e. The van der Waals surface area contributed by atoms with Gasteiger partial charge >= 0.3 is 19.8 Å². The van der Waals surface area contributed by atoms with E-state index < -0.39 is 26.5 Å². The van der Waals surface area contributed by atoms with Crippen LogP contribution in [0.3, 0.4) is 0 Å². The smallest absolute Gasteiger partial charge is 0.462 e. The summed E-state index contributed by atoms with van der Waals surface area (Å²) in [6, 6.07) is 0. The number of esters is 2. The maximum absolute atomic E-state index is 12.8. The Bertz CT molecular complexity index is 1840. The molecule has 9 nitrogen and oxygen atoms in total. The summed E-state index contributed by atoms with van der Waals surface area (Å²) in [5.74, 6) is -0.825. The second-order valence-corrected chi connectivity index (χ2v) is 25.1. The summed E-state index contributed by atoms with van der Waals surface area (Å²) in [5, 5.41) is 0. The van der Waals surface area contributed by atoms with Gasteiger partial charge in [-0.3, -0.25) is 18.6 Å². The van der Waals surface area contributed by atoms with Gasteiger partial charge in [0.2, 0.25) is 0 Å². The molecule has 0 amide bonds. The average molecular weight is 1230 g/mol. The van der Waals surface area contributed by atoms with Crippen molar-refractivity contribution in [1.29, 1.82) is 0 Å². The van der Waals surface area contributed by atoms with Crippen LogP contribution in [0.2, 0.25) is 0 Å². The van der Waals surface area contributed by atoms with E-state index in [4.69, 9.17) is 24.3 Å². The molecule has 0 aromatic rings. The molecule has 2 unspecified atom stereocenters. The predicted molar refractivity (Wildman–Crippen MR) is 376 cm³/mol. The van der Waals surface area contributed by atoms with Crippen LogP contribution in [0, 0.1) is 0 Å². The quantitative estimate of drug-likeness (QED) is 0.0264. The highest BCUT2D eigenvalue weighted by molar-refractivity contribution is 7.47. The summed E-state index contributed by atoms with van der Waals surface area (Å²) in [5.41, 5.74) is 5.40. The SMILES string of the molecule is CC/C=C\C/C=C\C/C=C\C/C=C\C/C=C\C/C=C\CCCCCCCCCCCCC(=O)OC(COC(=O)CCCCCCCCCCCCCCCCCCCCCCCCCC/C=C\C/C=C\C/C=C\C/C=C\CC)COP(=O)(O)OCCN. The molecule has 3 N–H and O–H groups in total. The van der Waals surface area contributed by atoms with Crippen LogP contribution in [-0.4, -0.2) is 49.3 Å². The first-order valence-corrected chi connectivity index (χ1v) is 37.5. The van der Waals surface area contributed by atoms with Crippen LogP contribution in [0.15, 0.2) is 122 Å². The molecule has 0 aromatic heterocycles. The van der Waals surface area contributed by atoms with Crippen LogP contribution in [0.25, 0.3) is 0 Å². The summed E-state index contributed by atoms with van der Waals surface area (Å²) in [6.45, 7) is 3.54. The van der Waals surface area contributed by atoms with E-state index in [-0.39, 0.29) is 38.6 Å². The standard InChI is InChI=1S/C77H134NO8P/c1-3-5-7-9-11-13-15-17-19-21-23-25-27-29-31-33-34-35-36-37-38-39-40-42-43-45-47-49-51-53-55-57-59-61-63-65-67-69-76(79)83-73-75(74-85-87(81,82)84-72-71-78)86-77(80)70-68-66-64-62-60-58-56-54-52-50-48-46-44-41-32-30-28-26-24-22-20-18-16-14-12-10-8-6-4-2/h5-8,11-14,17-20,23-26,30,32,44,46,75H,3-4,9-10,15-16,21-22,27-29,31,33-43,45,47-74,78H2,1-2H3,(H,81,82)/b7-5-,8-6-,13-11-,14-12-,19-17-,20-18-,25-23-,26-24-,32-30-,46-44-. The molecule has 2 atom stereocenters. The predicted octanol–water partition coefficient (Wildman–Crippen LogP) is 23.9. The summed E-state index contributed by atoms with van der Waals surface area (Å²) < 4.78 is 33.2. The lowest BCUT2D eigenvalue weighted by molar-refractivity contribution is -0.161. The fourth-order valence-electron chi connectivity index (χ4n) is 10.1. The van der Waals surface area contributed by atoms with Crippen LogP contribution in [-0.2, 0) is 32.7 Å². The second-order valence-electron chi connectivity index (χ2n) is 23.7. The van der Waals surface area contributed by atoms with Crippen LogP contribution >= 0.6 is 7.82 Å². The minimum atomic E-state index is -4.40. The number of nitrogens with two attached hydrogens (primary N) is 1. The molecule has 0 aliphatic rings. The molecule has 500 valence electrons. The van der Waals surface area contributed by atoms with Gasteiger partial charge < -0.3 is 20.1 Å². The van der Waals surface area contributed by atoms with Crippen molar-refractivity contribution in [1.82, 2.24) is 0 Å². The first-order valence-electron chi connectivity index (χ1n) is 36.0. The van der Waals surface area contributed by atoms with E-state index in [0.29, 0.717) is 6.42 Å². The number of hydrogen-bond donors (Lipinski definition) is 2. The topological polar surface area (TPSA) is 134 Å². The number of rotatable bonds is 67. The van der Waals surface area contributed by atoms with Crippen molar-refractivity contribution in [3.63, 3.8) is 0 Å². The van der Waals surface area contributed by atoms with Gasteiger partial charge in [-0.25, -0.2) is 4.57 Å². The van der Waals surface area contributed by atoms with E-state index in [2.05, 4.69) is 135 Å². The van der Waals surface area contributed by atoms with Gasteiger partial charge in [-0.05, 0) is 103 Å². The lowest BCUT2D eigenvalue weighted by Gasteiger charge is -2.19. The highest BCUT2D eigenvalue weighted by Crippen LogP contribution is 2.43. The van der Waals surface area contributed by atoms with Gasteiger partial charge in [-0.2, -0.15) is 0 Å². The number of carbonyl (C=O) groups excluding carboxylic acids is 2. The minimum absolute atomic E-state index is 0.0493. The van der Waals surface area contributed by atoms with E-state index in [0.717, 1.165) is 109 Å². The Hall–Kier alpha value is -3.59. The third-order valence-corrected chi connectivity index (χ3v) is 16.3. The molecule has 0 saturated heterocycles. The number of phosphoric acid groups is 1. The summed E-state index contributed by atoms with van der Waals surface area (Å²) >= 11 is 0. The Balaban J connectivity index is 3.85. The van der Waals surface area contributed by atoms with Crippen molar-refractivity contribution in [2.45, 2.75) is 328 Å². The Morgan fingerprint density at radius 1 is 0.345 bits per heavy atom. The fourth-order valence-corrected chi connectivity index (χ4v) is 10.9. The van der Waals surface area contributed by atoms with E-state index in [9.17, 15) is 19.0 Å². The third-order valence-electron chi connectivity index (χ3n) is 15.3. The summed E-state index contributed by atoms with van der Waals surface area (Å²) in [4.78, 5) is 35.4. The van der Waals surface area contributed by atoms with Crippen molar-refractivity contribution in [2.24, 2.45) is 5.73 Å². The molecule has 0 radical (unpaired) electrons. The number of hydrogen-bond acceptors (Lipinski definition) is 8. The van der Waals surface area contributed by atoms with Crippen molar-refractivity contribution < 1.29 is 37.6 Å². The number of carbonyl (C=O) groups is 2. The highest BCUT2D eigenvalue weighted by Gasteiger charge is 2.26. The number of unbranched alkanes of at least 4 members (excludes halogenated alkanes) is 34. The molecule has 0 rings (SSSR count). The molecule has 0 fully saturated rings. The van der Waals surface area contributed by atoms with Crippen molar-refractivity contribution >= 4 is 19.8 Å². The number of ether oxygens (including phenoxy) is 2. The Kier molecular flexibility index (Phi) is 68.5. The van der Waals surface area contributed by atoms with Crippen molar-refractivity contribution in [3.05, 3.63) is 122 Å². The van der Waals surface area contributed by atoms with Gasteiger partial charge in [0.1, 0.15) is 6.61 Å². The van der Waals surface area contributed by atoms with Crippen LogP contribution in [0.4, 0.5) is 0 Å². The minimum Gasteiger partial charge on any atom is -0.462 e. The second kappa shape index (κ2) is 71.5. The highest BCUT2D eigenvalue weighted by atomic mass is 31.2. The van der Waals surface area contributed by atoms with E-state index in [1.807, 2.05) is 0 Å². The molecule has 0 aromatic carbocycles. The molecule has 0 spiro atoms. The maximum atomic E-state index is 12.8. The lowest BCUT2D eigenvalue weighted by atomic mass is 10.0. The zero-order valence-electron chi connectivity index (χ0n) is 56.2. The molecule has 0 aliphatic heterocycles. The third kappa shape index (κ3) is 71.4. The Morgan fingerprint density at radius 3 is 0.885 bits per heavy atom. The molecule has 0 heterocycles. The zero-order valence-corrected chi connectivity index (χ0v) is 57.1. The number of allylic oxidation sites excluding steroid dienone is 20. The van der Waals surface area contributed by atoms with Crippen LogP contribution < -0.4 is 5.73 Å². The molecular formula is C77H134NO8P. The van der Waals surface area contributed by atoms with E-state index >= 15 is 0 Å². The van der Waals surface area contributed by atoms with Crippen molar-refractivity contribution in [3.8, 4) is 0 Å². The lowest BCUT2D eigenvalue weighted by Crippen LogP contribution is -2.29. The first kappa shape index (κ1) is 83.4. The fraction of sp³-hybridized carbons (Fsp3) is 0.714. The van der Waals surface area contributed by atoms with Gasteiger partial charge in [0.15, 0.2) is 6.10 Å².